The lowest BCUT2D eigenvalue weighted by molar-refractivity contribution is -0.137. The zero-order valence-electron chi connectivity index (χ0n) is 19.0. The number of carbonyl (C=O) groups excluding carboxylic acids is 3. The summed E-state index contributed by atoms with van der Waals surface area (Å²) in [6.45, 7) is 5.55. The molecule has 0 bridgehead atoms. The van der Waals surface area contributed by atoms with Gasteiger partial charge in [0.1, 0.15) is 11.8 Å². The number of nitrogens with zero attached hydrogens (tertiary/aromatic N) is 1. The van der Waals surface area contributed by atoms with Gasteiger partial charge in [0.05, 0.1) is 6.54 Å². The van der Waals surface area contributed by atoms with Crippen molar-refractivity contribution in [1.29, 1.82) is 5.41 Å². The maximum Gasteiger partial charge on any atom is 0.267 e. The highest BCUT2D eigenvalue weighted by molar-refractivity contribution is 6.44. The second kappa shape index (κ2) is 10.6. The van der Waals surface area contributed by atoms with Crippen molar-refractivity contribution < 1.29 is 14.4 Å². The first-order valence-electron chi connectivity index (χ1n) is 11.6. The van der Waals surface area contributed by atoms with E-state index in [0.717, 1.165) is 25.2 Å². The summed E-state index contributed by atoms with van der Waals surface area (Å²) >= 11 is 0. The van der Waals surface area contributed by atoms with Crippen molar-refractivity contribution in [2.24, 2.45) is 23.5 Å². The van der Waals surface area contributed by atoms with E-state index in [-0.39, 0.29) is 24.1 Å². The number of para-hydroxylation sites is 1. The quantitative estimate of drug-likeness (QED) is 0.438. The fourth-order valence-corrected chi connectivity index (χ4v) is 4.88. The summed E-state index contributed by atoms with van der Waals surface area (Å²) in [6.07, 6.45) is 5.11. The number of hydrogen-bond acceptors (Lipinski definition) is 5. The van der Waals surface area contributed by atoms with Gasteiger partial charge in [-0.3, -0.25) is 19.8 Å². The topological polar surface area (TPSA) is 128 Å². The molecule has 1 aliphatic carbocycles. The lowest BCUT2D eigenvalue weighted by atomic mass is 10.0. The SMILES string of the molecule is CCC1CC(C(=O)NCC2CCC(C)C2)N(C(=O)CNc2ccccc2C(=N)C(N)=O)C1. The van der Waals surface area contributed by atoms with Crippen LogP contribution in [0.4, 0.5) is 5.69 Å². The Morgan fingerprint density at radius 2 is 1.91 bits per heavy atom. The molecule has 2 fully saturated rings. The van der Waals surface area contributed by atoms with Gasteiger partial charge >= 0.3 is 0 Å². The maximum atomic E-state index is 13.1. The fourth-order valence-electron chi connectivity index (χ4n) is 4.88. The molecule has 174 valence electrons. The van der Waals surface area contributed by atoms with Crippen LogP contribution >= 0.6 is 0 Å². The first-order chi connectivity index (χ1) is 15.3. The predicted octanol–water partition coefficient (Wildman–Crippen LogP) is 2.13. The summed E-state index contributed by atoms with van der Waals surface area (Å²) in [4.78, 5) is 39.1. The lowest BCUT2D eigenvalue weighted by Gasteiger charge is -2.25. The van der Waals surface area contributed by atoms with Crippen molar-refractivity contribution in [3.05, 3.63) is 29.8 Å². The van der Waals surface area contributed by atoms with Gasteiger partial charge in [-0.15, -0.1) is 0 Å². The Morgan fingerprint density at radius 1 is 1.16 bits per heavy atom. The van der Waals surface area contributed by atoms with Crippen molar-refractivity contribution in [1.82, 2.24) is 10.2 Å². The Balaban J connectivity index is 1.62. The van der Waals surface area contributed by atoms with E-state index in [1.54, 1.807) is 29.2 Å². The van der Waals surface area contributed by atoms with E-state index in [1.165, 1.54) is 6.42 Å². The molecule has 3 amide bonds. The Kier molecular flexibility index (Phi) is 7.88. The van der Waals surface area contributed by atoms with Crippen LogP contribution in [0, 0.1) is 23.2 Å². The molecular weight excluding hydrogens is 406 g/mol. The van der Waals surface area contributed by atoms with Crippen LogP contribution in [-0.4, -0.2) is 54.0 Å². The Hall–Kier alpha value is -2.90. The van der Waals surface area contributed by atoms with Crippen LogP contribution in [0.5, 0.6) is 0 Å². The predicted molar refractivity (Wildman–Crippen MR) is 124 cm³/mol. The second-order valence-corrected chi connectivity index (χ2v) is 9.24. The number of amides is 3. The highest BCUT2D eigenvalue weighted by Gasteiger charge is 2.38. The van der Waals surface area contributed by atoms with Crippen LogP contribution in [0.2, 0.25) is 0 Å². The lowest BCUT2D eigenvalue weighted by Crippen LogP contribution is -2.48. The number of primary amides is 1. The van der Waals surface area contributed by atoms with E-state index in [0.29, 0.717) is 42.6 Å². The van der Waals surface area contributed by atoms with Crippen LogP contribution < -0.4 is 16.4 Å². The molecule has 1 aromatic rings. The summed E-state index contributed by atoms with van der Waals surface area (Å²) in [5.41, 5.74) is 5.77. The first-order valence-corrected chi connectivity index (χ1v) is 11.6. The van der Waals surface area contributed by atoms with Gasteiger partial charge in [0.2, 0.25) is 11.8 Å². The smallest absolute Gasteiger partial charge is 0.267 e. The normalized spacial score (nSPS) is 24.9. The minimum atomic E-state index is -0.829. The minimum absolute atomic E-state index is 0.0244. The Labute approximate surface area is 189 Å². The molecule has 5 N–H and O–H groups in total. The summed E-state index contributed by atoms with van der Waals surface area (Å²) in [5, 5.41) is 14.0. The van der Waals surface area contributed by atoms with E-state index >= 15 is 0 Å². The number of anilines is 1. The molecular formula is C24H35N5O3. The summed E-state index contributed by atoms with van der Waals surface area (Å²) in [7, 11) is 0. The summed E-state index contributed by atoms with van der Waals surface area (Å²) < 4.78 is 0. The molecule has 1 heterocycles. The van der Waals surface area contributed by atoms with Gasteiger partial charge in [-0.2, -0.15) is 0 Å². The summed E-state index contributed by atoms with van der Waals surface area (Å²) in [6, 6.07) is 6.33. The van der Waals surface area contributed by atoms with E-state index in [9.17, 15) is 14.4 Å². The molecule has 4 unspecified atom stereocenters. The van der Waals surface area contributed by atoms with Gasteiger partial charge in [0, 0.05) is 24.3 Å². The number of hydrogen-bond donors (Lipinski definition) is 4. The number of rotatable bonds is 9. The average Bonchev–Trinajstić information content (AvgIpc) is 3.41. The number of likely N-dealkylation sites (tertiary alicyclic amines) is 1. The van der Waals surface area contributed by atoms with Crippen molar-refractivity contribution in [2.45, 2.75) is 52.0 Å². The van der Waals surface area contributed by atoms with Crippen LogP contribution in [0.1, 0.15) is 51.5 Å². The molecule has 1 aliphatic heterocycles. The van der Waals surface area contributed by atoms with Gasteiger partial charge in [0.15, 0.2) is 0 Å². The van der Waals surface area contributed by atoms with Gasteiger partial charge in [-0.25, -0.2) is 0 Å². The monoisotopic (exact) mass is 441 g/mol. The molecule has 1 saturated carbocycles. The number of nitrogens with two attached hydrogens (primary N) is 1. The fraction of sp³-hybridized carbons (Fsp3) is 0.583. The number of benzene rings is 1. The van der Waals surface area contributed by atoms with Gasteiger partial charge in [-0.1, -0.05) is 44.9 Å². The van der Waals surface area contributed by atoms with E-state index in [4.69, 9.17) is 11.1 Å². The first kappa shape index (κ1) is 23.8. The van der Waals surface area contributed by atoms with Crippen LogP contribution in [0.3, 0.4) is 0 Å². The number of carbonyl (C=O) groups is 3. The zero-order valence-corrected chi connectivity index (χ0v) is 19.0. The third-order valence-corrected chi connectivity index (χ3v) is 6.83. The molecule has 0 radical (unpaired) electrons. The molecule has 2 aliphatic rings. The molecule has 32 heavy (non-hydrogen) atoms. The highest BCUT2D eigenvalue weighted by atomic mass is 16.2. The third-order valence-electron chi connectivity index (χ3n) is 6.83. The van der Waals surface area contributed by atoms with Crippen molar-refractivity contribution in [3.8, 4) is 0 Å². The maximum absolute atomic E-state index is 13.1. The van der Waals surface area contributed by atoms with Crippen molar-refractivity contribution in [3.63, 3.8) is 0 Å². The van der Waals surface area contributed by atoms with E-state index < -0.39 is 11.9 Å². The van der Waals surface area contributed by atoms with Gasteiger partial charge < -0.3 is 21.3 Å². The largest absolute Gasteiger partial charge is 0.376 e. The zero-order chi connectivity index (χ0) is 23.3. The molecule has 1 saturated heterocycles. The van der Waals surface area contributed by atoms with Crippen molar-refractivity contribution >= 4 is 29.1 Å². The van der Waals surface area contributed by atoms with Crippen LogP contribution in [0.15, 0.2) is 24.3 Å². The Morgan fingerprint density at radius 3 is 2.56 bits per heavy atom. The van der Waals surface area contributed by atoms with E-state index in [1.807, 2.05) is 0 Å². The molecule has 4 atom stereocenters. The molecule has 8 nitrogen and oxygen atoms in total. The van der Waals surface area contributed by atoms with Gasteiger partial charge in [0.25, 0.3) is 5.91 Å². The minimum Gasteiger partial charge on any atom is -0.376 e. The van der Waals surface area contributed by atoms with Crippen LogP contribution in [-0.2, 0) is 14.4 Å². The third kappa shape index (κ3) is 5.66. The molecule has 3 rings (SSSR count). The Bertz CT molecular complexity index is 871. The molecule has 0 aromatic heterocycles. The average molecular weight is 442 g/mol. The van der Waals surface area contributed by atoms with Crippen molar-refractivity contribution in [2.75, 3.05) is 25.0 Å². The van der Waals surface area contributed by atoms with E-state index in [2.05, 4.69) is 24.5 Å². The molecule has 1 aromatic carbocycles. The number of nitrogens with one attached hydrogen (secondary N) is 3. The van der Waals surface area contributed by atoms with Gasteiger partial charge in [-0.05, 0) is 43.1 Å². The molecule has 8 heteroatoms. The second-order valence-electron chi connectivity index (χ2n) is 9.24. The summed E-state index contributed by atoms with van der Waals surface area (Å²) in [5.74, 6) is 0.484. The highest BCUT2D eigenvalue weighted by Crippen LogP contribution is 2.30. The molecule has 0 spiro atoms. The van der Waals surface area contributed by atoms with Crippen LogP contribution in [0.25, 0.3) is 0 Å². The standard InChI is InChI=1S/C24H35N5O3/c1-3-16-11-20(24(32)28-12-17-9-8-15(2)10-17)29(14-16)21(30)13-27-19-7-5-4-6-18(19)22(25)23(26)31/h4-7,15-17,20,25,27H,3,8-14H2,1-2H3,(H2,26,31)(H,28,32).